The number of alkyl halides is 1. The van der Waals surface area contributed by atoms with Gasteiger partial charge in [0.25, 0.3) is 0 Å². The zero-order chi connectivity index (χ0) is 14.8. The van der Waals surface area contributed by atoms with Gasteiger partial charge in [-0.1, -0.05) is 30.7 Å². The van der Waals surface area contributed by atoms with Gasteiger partial charge >= 0.3 is 0 Å². The van der Waals surface area contributed by atoms with Crippen molar-refractivity contribution in [3.63, 3.8) is 0 Å². The van der Waals surface area contributed by atoms with E-state index < -0.39 is 0 Å². The number of imidazole rings is 1. The molecule has 2 aromatic carbocycles. The maximum Gasteiger partial charge on any atom is 0.115 e. The summed E-state index contributed by atoms with van der Waals surface area (Å²) >= 11 is 12.1. The molecule has 0 N–H and O–H groups in total. The van der Waals surface area contributed by atoms with Crippen LogP contribution in [0, 0.1) is 0 Å². The first-order valence-electron chi connectivity index (χ1n) is 7.05. The molecule has 21 heavy (non-hydrogen) atoms. The zero-order valence-corrected chi connectivity index (χ0v) is 13.3. The number of benzene rings is 2. The quantitative estimate of drug-likeness (QED) is 0.617. The minimum atomic E-state index is 0.546. The Hall–Kier alpha value is -1.51. The van der Waals surface area contributed by atoms with Crippen molar-refractivity contribution >= 4 is 34.2 Å². The first-order valence-corrected chi connectivity index (χ1v) is 7.96. The molecule has 0 fully saturated rings. The van der Waals surface area contributed by atoms with Gasteiger partial charge in [-0.05, 0) is 42.3 Å². The van der Waals surface area contributed by atoms with Gasteiger partial charge in [0.05, 0.1) is 11.0 Å². The third kappa shape index (κ3) is 2.78. The standard InChI is InChI=1S/C17H16Cl2N2/c1-2-12-4-3-5-14(10-12)21-16-11-13(19)6-7-15(16)20-17(21)8-9-18/h3-7,10-11H,2,8-9H2,1H3. The lowest BCUT2D eigenvalue weighted by Crippen LogP contribution is -2.02. The van der Waals surface area contributed by atoms with Crippen LogP contribution in [0.5, 0.6) is 0 Å². The summed E-state index contributed by atoms with van der Waals surface area (Å²) in [5, 5.41) is 0.715. The Morgan fingerprint density at radius 1 is 1.14 bits per heavy atom. The van der Waals surface area contributed by atoms with E-state index in [1.807, 2.05) is 18.2 Å². The summed E-state index contributed by atoms with van der Waals surface area (Å²) in [6.45, 7) is 2.15. The Kier molecular flexibility index (Phi) is 4.18. The highest BCUT2D eigenvalue weighted by Gasteiger charge is 2.12. The van der Waals surface area contributed by atoms with E-state index in [9.17, 15) is 0 Å². The van der Waals surface area contributed by atoms with Crippen LogP contribution in [0.2, 0.25) is 5.02 Å². The van der Waals surface area contributed by atoms with Gasteiger partial charge in [0.1, 0.15) is 5.82 Å². The molecule has 0 saturated carbocycles. The fraction of sp³-hybridized carbons (Fsp3) is 0.235. The minimum Gasteiger partial charge on any atom is -0.296 e. The first kappa shape index (κ1) is 14.4. The van der Waals surface area contributed by atoms with Crippen LogP contribution in [0.4, 0.5) is 0 Å². The van der Waals surface area contributed by atoms with Crippen molar-refractivity contribution < 1.29 is 0 Å². The second-order valence-corrected chi connectivity index (χ2v) is 5.77. The van der Waals surface area contributed by atoms with Crippen LogP contribution in [-0.2, 0) is 12.8 Å². The molecular formula is C17H16Cl2N2. The SMILES string of the molecule is CCc1cccc(-n2c(CCCl)nc3ccc(Cl)cc32)c1. The molecule has 0 unspecified atom stereocenters. The van der Waals surface area contributed by atoms with E-state index in [0.29, 0.717) is 10.9 Å². The Labute approximate surface area is 134 Å². The highest BCUT2D eigenvalue weighted by Crippen LogP contribution is 2.25. The monoisotopic (exact) mass is 318 g/mol. The molecule has 4 heteroatoms. The van der Waals surface area contributed by atoms with Gasteiger partial charge in [-0.2, -0.15) is 0 Å². The molecule has 0 atom stereocenters. The van der Waals surface area contributed by atoms with Crippen LogP contribution in [0.3, 0.4) is 0 Å². The highest BCUT2D eigenvalue weighted by atomic mass is 35.5. The van der Waals surface area contributed by atoms with Gasteiger partial charge in [-0.15, -0.1) is 11.6 Å². The molecule has 0 saturated heterocycles. The Morgan fingerprint density at radius 2 is 2.00 bits per heavy atom. The normalized spacial score (nSPS) is 11.2. The molecule has 108 valence electrons. The number of rotatable bonds is 4. The van der Waals surface area contributed by atoms with Crippen LogP contribution in [0.25, 0.3) is 16.7 Å². The van der Waals surface area contributed by atoms with Gasteiger partial charge in [0.15, 0.2) is 0 Å². The average molecular weight is 319 g/mol. The van der Waals surface area contributed by atoms with Gasteiger partial charge in [-0.3, -0.25) is 4.57 Å². The number of nitrogens with zero attached hydrogens (tertiary/aromatic N) is 2. The smallest absolute Gasteiger partial charge is 0.115 e. The van der Waals surface area contributed by atoms with E-state index in [1.54, 1.807) is 0 Å². The van der Waals surface area contributed by atoms with Gasteiger partial charge in [0.2, 0.25) is 0 Å². The van der Waals surface area contributed by atoms with E-state index in [0.717, 1.165) is 35.4 Å². The predicted molar refractivity (Wildman–Crippen MR) is 89.9 cm³/mol. The van der Waals surface area contributed by atoms with Gasteiger partial charge in [-0.25, -0.2) is 4.98 Å². The first-order chi connectivity index (χ1) is 10.2. The molecule has 0 amide bonds. The molecule has 0 bridgehead atoms. The van der Waals surface area contributed by atoms with E-state index in [1.165, 1.54) is 5.56 Å². The molecule has 0 aliphatic rings. The highest BCUT2D eigenvalue weighted by molar-refractivity contribution is 6.31. The second-order valence-electron chi connectivity index (χ2n) is 4.96. The summed E-state index contributed by atoms with van der Waals surface area (Å²) < 4.78 is 2.16. The van der Waals surface area contributed by atoms with Crippen molar-refractivity contribution in [1.29, 1.82) is 0 Å². The molecule has 3 aromatic rings. The van der Waals surface area contributed by atoms with E-state index in [4.69, 9.17) is 28.2 Å². The van der Waals surface area contributed by atoms with Crippen LogP contribution in [-0.4, -0.2) is 15.4 Å². The van der Waals surface area contributed by atoms with E-state index >= 15 is 0 Å². The molecule has 0 spiro atoms. The number of hydrogen-bond donors (Lipinski definition) is 0. The summed E-state index contributed by atoms with van der Waals surface area (Å²) in [4.78, 5) is 4.70. The molecule has 0 aliphatic heterocycles. The fourth-order valence-corrected chi connectivity index (χ4v) is 2.89. The van der Waals surface area contributed by atoms with Crippen molar-refractivity contribution in [3.8, 4) is 5.69 Å². The zero-order valence-electron chi connectivity index (χ0n) is 11.8. The molecule has 3 rings (SSSR count). The molecule has 2 nitrogen and oxygen atoms in total. The van der Waals surface area contributed by atoms with Crippen LogP contribution in [0.15, 0.2) is 42.5 Å². The summed E-state index contributed by atoms with van der Waals surface area (Å²) in [5.41, 5.74) is 4.38. The van der Waals surface area contributed by atoms with E-state index in [-0.39, 0.29) is 0 Å². The Balaban J connectivity index is 2.26. The summed E-state index contributed by atoms with van der Waals surface area (Å²) in [5.74, 6) is 1.51. The van der Waals surface area contributed by atoms with Crippen LogP contribution in [0.1, 0.15) is 18.3 Å². The lowest BCUT2D eigenvalue weighted by molar-refractivity contribution is 0.910. The third-order valence-corrected chi connectivity index (χ3v) is 4.01. The second kappa shape index (κ2) is 6.08. The summed E-state index contributed by atoms with van der Waals surface area (Å²) in [7, 11) is 0. The maximum atomic E-state index is 6.16. The lowest BCUT2D eigenvalue weighted by atomic mass is 10.1. The number of hydrogen-bond acceptors (Lipinski definition) is 1. The predicted octanol–water partition coefficient (Wildman–Crippen LogP) is 5.02. The molecular weight excluding hydrogens is 303 g/mol. The van der Waals surface area contributed by atoms with Gasteiger partial charge in [0, 0.05) is 23.0 Å². The topological polar surface area (TPSA) is 17.8 Å². The lowest BCUT2D eigenvalue weighted by Gasteiger charge is -2.10. The summed E-state index contributed by atoms with van der Waals surface area (Å²) in [6, 6.07) is 14.3. The number of aromatic nitrogens is 2. The van der Waals surface area contributed by atoms with Crippen LogP contribution >= 0.6 is 23.2 Å². The van der Waals surface area contributed by atoms with Crippen molar-refractivity contribution in [2.45, 2.75) is 19.8 Å². The van der Waals surface area contributed by atoms with Crippen molar-refractivity contribution in [3.05, 3.63) is 58.9 Å². The van der Waals surface area contributed by atoms with Crippen molar-refractivity contribution in [1.82, 2.24) is 9.55 Å². The number of halogens is 2. The van der Waals surface area contributed by atoms with Crippen molar-refractivity contribution in [2.75, 3.05) is 5.88 Å². The van der Waals surface area contributed by atoms with E-state index in [2.05, 4.69) is 35.8 Å². The third-order valence-electron chi connectivity index (χ3n) is 3.58. The molecule has 1 aromatic heterocycles. The fourth-order valence-electron chi connectivity index (χ4n) is 2.55. The maximum absolute atomic E-state index is 6.16. The Bertz CT molecular complexity index is 778. The average Bonchev–Trinajstić information content (AvgIpc) is 2.85. The van der Waals surface area contributed by atoms with Crippen LogP contribution < -0.4 is 0 Å². The minimum absolute atomic E-state index is 0.546. The number of fused-ring (bicyclic) bond motifs is 1. The van der Waals surface area contributed by atoms with Gasteiger partial charge < -0.3 is 0 Å². The molecule has 0 aliphatic carbocycles. The largest absolute Gasteiger partial charge is 0.296 e. The Morgan fingerprint density at radius 3 is 2.76 bits per heavy atom. The summed E-state index contributed by atoms with van der Waals surface area (Å²) in [6.07, 6.45) is 1.73. The van der Waals surface area contributed by atoms with Crippen molar-refractivity contribution in [2.24, 2.45) is 0 Å². The molecule has 0 radical (unpaired) electrons. The number of aryl methyl sites for hydroxylation is 2. The molecule has 1 heterocycles.